The van der Waals surface area contributed by atoms with Crippen molar-refractivity contribution in [3.05, 3.63) is 0 Å². The monoisotopic (exact) mass is 276 g/mol. The summed E-state index contributed by atoms with van der Waals surface area (Å²) in [6.45, 7) is 6.57. The maximum Gasteiger partial charge on any atom is 0.409 e. The number of likely N-dealkylation sites (tertiary alicyclic amines) is 2. The number of carbonyl (C=O) groups is 1. The topological polar surface area (TPSA) is 32.8 Å². The molecule has 18 heavy (non-hydrogen) atoms. The Bertz CT molecular complexity index is 249. The normalized spacial score (nSPS) is 22.4. The van der Waals surface area contributed by atoms with Crippen LogP contribution in [0.25, 0.3) is 0 Å². The van der Waals surface area contributed by atoms with E-state index in [-0.39, 0.29) is 18.5 Å². The molecule has 0 aromatic rings. The van der Waals surface area contributed by atoms with Gasteiger partial charge in [0.05, 0.1) is 6.61 Å². The molecule has 0 aliphatic carbocycles. The van der Waals surface area contributed by atoms with Crippen molar-refractivity contribution in [2.75, 3.05) is 32.8 Å². The number of carbonyl (C=O) groups excluding carboxylic acids is 1. The Kier molecular flexibility index (Phi) is 6.79. The fourth-order valence-electron chi connectivity index (χ4n) is 2.91. The number of piperidine rings is 2. The van der Waals surface area contributed by atoms with Gasteiger partial charge in [-0.15, -0.1) is 12.4 Å². The lowest BCUT2D eigenvalue weighted by Crippen LogP contribution is -2.48. The van der Waals surface area contributed by atoms with E-state index in [1.165, 1.54) is 32.4 Å². The van der Waals surface area contributed by atoms with Gasteiger partial charge in [0, 0.05) is 19.1 Å². The maximum atomic E-state index is 11.6. The van der Waals surface area contributed by atoms with Gasteiger partial charge in [-0.3, -0.25) is 0 Å². The van der Waals surface area contributed by atoms with Crippen LogP contribution in [0.2, 0.25) is 0 Å². The standard InChI is InChI=1S/C13H24N2O2.ClH/c1-2-17-13(16)15-10-6-12(7-11-15)14-8-4-3-5-9-14;/h12H,2-11H2,1H3;1H. The van der Waals surface area contributed by atoms with Gasteiger partial charge in [-0.1, -0.05) is 6.42 Å². The highest BCUT2D eigenvalue weighted by Crippen LogP contribution is 2.21. The molecule has 5 heteroatoms. The predicted octanol–water partition coefficient (Wildman–Crippen LogP) is 2.52. The first-order valence-electron chi connectivity index (χ1n) is 6.97. The number of hydrogen-bond acceptors (Lipinski definition) is 3. The van der Waals surface area contributed by atoms with Crippen LogP contribution in [0.3, 0.4) is 0 Å². The highest BCUT2D eigenvalue weighted by molar-refractivity contribution is 5.85. The third-order valence-corrected chi connectivity index (χ3v) is 3.90. The fourth-order valence-corrected chi connectivity index (χ4v) is 2.91. The molecule has 0 atom stereocenters. The molecule has 2 aliphatic heterocycles. The molecular formula is C13H25ClN2O2. The number of nitrogens with zero attached hydrogens (tertiary/aromatic N) is 2. The van der Waals surface area contributed by atoms with Gasteiger partial charge in [0.2, 0.25) is 0 Å². The minimum atomic E-state index is -0.135. The Morgan fingerprint density at radius 1 is 1.11 bits per heavy atom. The van der Waals surface area contributed by atoms with Crippen molar-refractivity contribution in [2.45, 2.75) is 45.1 Å². The van der Waals surface area contributed by atoms with E-state index in [1.54, 1.807) is 0 Å². The van der Waals surface area contributed by atoms with Gasteiger partial charge >= 0.3 is 6.09 Å². The lowest BCUT2D eigenvalue weighted by atomic mass is 10.0. The summed E-state index contributed by atoms with van der Waals surface area (Å²) < 4.78 is 5.04. The summed E-state index contributed by atoms with van der Waals surface area (Å²) in [4.78, 5) is 16.0. The van der Waals surface area contributed by atoms with Crippen LogP contribution in [0.5, 0.6) is 0 Å². The molecule has 2 rings (SSSR count). The number of hydrogen-bond donors (Lipinski definition) is 0. The van der Waals surface area contributed by atoms with Gasteiger partial charge in [0.15, 0.2) is 0 Å². The molecular weight excluding hydrogens is 252 g/mol. The Morgan fingerprint density at radius 3 is 2.28 bits per heavy atom. The predicted molar refractivity (Wildman–Crippen MR) is 74.3 cm³/mol. The lowest BCUT2D eigenvalue weighted by molar-refractivity contribution is 0.0686. The smallest absolute Gasteiger partial charge is 0.409 e. The molecule has 0 aromatic carbocycles. The van der Waals surface area contributed by atoms with Crippen molar-refractivity contribution in [1.29, 1.82) is 0 Å². The quantitative estimate of drug-likeness (QED) is 0.777. The van der Waals surface area contributed by atoms with E-state index in [9.17, 15) is 4.79 Å². The molecule has 0 aromatic heterocycles. The van der Waals surface area contributed by atoms with E-state index in [1.807, 2.05) is 11.8 Å². The second-order valence-electron chi connectivity index (χ2n) is 5.01. The highest BCUT2D eigenvalue weighted by Gasteiger charge is 2.27. The van der Waals surface area contributed by atoms with Crippen LogP contribution in [0.15, 0.2) is 0 Å². The van der Waals surface area contributed by atoms with E-state index >= 15 is 0 Å². The first-order valence-corrected chi connectivity index (χ1v) is 6.97. The van der Waals surface area contributed by atoms with E-state index in [0.29, 0.717) is 12.6 Å². The summed E-state index contributed by atoms with van der Waals surface area (Å²) in [6.07, 6.45) is 6.16. The van der Waals surface area contributed by atoms with Crippen LogP contribution in [-0.2, 0) is 4.74 Å². The van der Waals surface area contributed by atoms with Gasteiger partial charge in [0.25, 0.3) is 0 Å². The number of halogens is 1. The average molecular weight is 277 g/mol. The summed E-state index contributed by atoms with van der Waals surface area (Å²) in [5.41, 5.74) is 0. The largest absolute Gasteiger partial charge is 0.450 e. The number of amides is 1. The van der Waals surface area contributed by atoms with Crippen molar-refractivity contribution in [3.63, 3.8) is 0 Å². The Morgan fingerprint density at radius 2 is 1.72 bits per heavy atom. The van der Waals surface area contributed by atoms with Gasteiger partial charge in [-0.2, -0.15) is 0 Å². The van der Waals surface area contributed by atoms with Crippen LogP contribution in [0.4, 0.5) is 4.79 Å². The SMILES string of the molecule is CCOC(=O)N1CCC(N2CCCCC2)CC1.Cl. The second-order valence-corrected chi connectivity index (χ2v) is 5.01. The van der Waals surface area contributed by atoms with Crippen molar-refractivity contribution < 1.29 is 9.53 Å². The Balaban J connectivity index is 0.00000162. The molecule has 2 aliphatic rings. The minimum absolute atomic E-state index is 0. The summed E-state index contributed by atoms with van der Waals surface area (Å²) in [5, 5.41) is 0. The van der Waals surface area contributed by atoms with Crippen molar-refractivity contribution >= 4 is 18.5 Å². The molecule has 1 amide bonds. The number of rotatable bonds is 2. The van der Waals surface area contributed by atoms with Crippen molar-refractivity contribution in [2.24, 2.45) is 0 Å². The van der Waals surface area contributed by atoms with Crippen LogP contribution in [0.1, 0.15) is 39.0 Å². The molecule has 4 nitrogen and oxygen atoms in total. The van der Waals surface area contributed by atoms with Gasteiger partial charge in [-0.25, -0.2) is 4.79 Å². The molecule has 0 radical (unpaired) electrons. The van der Waals surface area contributed by atoms with Gasteiger partial charge < -0.3 is 14.5 Å². The van der Waals surface area contributed by atoms with Crippen molar-refractivity contribution in [3.8, 4) is 0 Å². The van der Waals surface area contributed by atoms with E-state index < -0.39 is 0 Å². The number of ether oxygens (including phenoxy) is 1. The van der Waals surface area contributed by atoms with E-state index in [4.69, 9.17) is 4.74 Å². The summed E-state index contributed by atoms with van der Waals surface area (Å²) in [6, 6.07) is 0.695. The van der Waals surface area contributed by atoms with E-state index in [2.05, 4.69) is 4.90 Å². The zero-order valence-corrected chi connectivity index (χ0v) is 12.1. The minimum Gasteiger partial charge on any atom is -0.450 e. The molecule has 0 unspecified atom stereocenters. The molecule has 2 heterocycles. The van der Waals surface area contributed by atoms with Crippen LogP contribution in [0, 0.1) is 0 Å². The van der Waals surface area contributed by atoms with Crippen LogP contribution >= 0.6 is 12.4 Å². The Labute approximate surface area is 116 Å². The molecule has 0 bridgehead atoms. The van der Waals surface area contributed by atoms with Crippen LogP contribution < -0.4 is 0 Å². The summed E-state index contributed by atoms with van der Waals surface area (Å²) in [7, 11) is 0. The maximum absolute atomic E-state index is 11.6. The fraction of sp³-hybridized carbons (Fsp3) is 0.923. The summed E-state index contributed by atoms with van der Waals surface area (Å²) >= 11 is 0. The second kappa shape index (κ2) is 7.85. The zero-order valence-electron chi connectivity index (χ0n) is 11.3. The molecule has 106 valence electrons. The molecule has 0 saturated carbocycles. The molecule has 0 spiro atoms. The first kappa shape index (κ1) is 15.6. The third kappa shape index (κ3) is 4.02. The van der Waals surface area contributed by atoms with Crippen molar-refractivity contribution in [1.82, 2.24) is 9.80 Å². The van der Waals surface area contributed by atoms with Gasteiger partial charge in [-0.05, 0) is 45.7 Å². The van der Waals surface area contributed by atoms with E-state index in [0.717, 1.165) is 25.9 Å². The molecule has 0 N–H and O–H groups in total. The summed E-state index contributed by atoms with van der Waals surface area (Å²) in [5.74, 6) is 0. The first-order chi connectivity index (χ1) is 8.31. The average Bonchev–Trinajstić information content (AvgIpc) is 2.40. The van der Waals surface area contributed by atoms with Crippen LogP contribution in [-0.4, -0.2) is 54.7 Å². The highest BCUT2D eigenvalue weighted by atomic mass is 35.5. The Hall–Kier alpha value is -0.480. The lowest BCUT2D eigenvalue weighted by Gasteiger charge is -2.39. The molecule has 2 fully saturated rings. The van der Waals surface area contributed by atoms with Gasteiger partial charge in [0.1, 0.15) is 0 Å². The zero-order chi connectivity index (χ0) is 12.1. The molecule has 2 saturated heterocycles. The third-order valence-electron chi connectivity index (χ3n) is 3.90.